The van der Waals surface area contributed by atoms with Gasteiger partial charge in [0.1, 0.15) is 11.5 Å². The minimum atomic E-state index is -1.78. The molecule has 5 rings (SSSR count). The van der Waals surface area contributed by atoms with Crippen molar-refractivity contribution in [1.29, 1.82) is 0 Å². The Morgan fingerprint density at radius 2 is 1.67 bits per heavy atom. The number of benzene rings is 3. The van der Waals surface area contributed by atoms with E-state index in [1.54, 1.807) is 48.3 Å². The van der Waals surface area contributed by atoms with Crippen LogP contribution in [0.25, 0.3) is 0 Å². The molecule has 2 atom stereocenters. The van der Waals surface area contributed by atoms with Crippen LogP contribution in [0.3, 0.4) is 0 Å². The largest absolute Gasteiger partial charge is 0.497 e. The first-order valence-electron chi connectivity index (χ1n) is 12.1. The Balaban J connectivity index is 1.66. The zero-order valence-electron chi connectivity index (χ0n) is 21.5. The van der Waals surface area contributed by atoms with Crippen LogP contribution >= 0.6 is 0 Å². The number of nitrogens with zero attached hydrogens (tertiary/aromatic N) is 3. The molecule has 11 heteroatoms. The molecule has 200 valence electrons. The minimum Gasteiger partial charge on any atom is -0.497 e. The van der Waals surface area contributed by atoms with Gasteiger partial charge in [-0.15, -0.1) is 0 Å². The van der Waals surface area contributed by atoms with Gasteiger partial charge in [0.05, 0.1) is 31.7 Å². The number of methoxy groups -OCH3 is 2. The molecule has 0 bridgehead atoms. The maximum Gasteiger partial charge on any atom is 0.331 e. The third kappa shape index (κ3) is 4.21. The minimum absolute atomic E-state index is 0.135. The number of barbiturate groups is 1. The standard InChI is InChI=1S/C28H26N4O7/c1-30-23-10-9-20(32(36)37)13-19(23)15-28(24(30)18-7-5-4-6-8-18)25(33)29-27(35)31(26(28)34)16-17-11-21(38-2)14-22(12-17)39-3/h4-14,24H,15-16H2,1-3H3,(H,29,33,35)/t24-,28+/m0/s1. The van der Waals surface area contributed by atoms with E-state index < -0.39 is 34.2 Å². The van der Waals surface area contributed by atoms with Crippen molar-refractivity contribution in [2.75, 3.05) is 26.2 Å². The summed E-state index contributed by atoms with van der Waals surface area (Å²) in [7, 11) is 4.71. The van der Waals surface area contributed by atoms with Crippen molar-refractivity contribution in [3.8, 4) is 11.5 Å². The Bertz CT molecular complexity index is 1470. The second-order valence-corrected chi connectivity index (χ2v) is 9.51. The van der Waals surface area contributed by atoms with Crippen LogP contribution in [0, 0.1) is 15.5 Å². The number of imide groups is 2. The van der Waals surface area contributed by atoms with Crippen molar-refractivity contribution in [2.24, 2.45) is 5.41 Å². The van der Waals surface area contributed by atoms with Crippen molar-refractivity contribution >= 4 is 29.2 Å². The monoisotopic (exact) mass is 530 g/mol. The van der Waals surface area contributed by atoms with Gasteiger partial charge in [-0.05, 0) is 34.9 Å². The molecule has 1 N–H and O–H groups in total. The SMILES string of the molecule is COc1cc(CN2C(=O)NC(=O)[C@]3(Cc4cc([N+](=O)[O-])ccc4N(C)[C@H]3c3ccccc3)C2=O)cc(OC)c1. The Morgan fingerprint density at radius 3 is 2.28 bits per heavy atom. The molecule has 2 aliphatic rings. The predicted octanol–water partition coefficient (Wildman–Crippen LogP) is 3.61. The first-order chi connectivity index (χ1) is 18.7. The van der Waals surface area contributed by atoms with Gasteiger partial charge < -0.3 is 14.4 Å². The number of carbonyl (C=O) groups excluding carboxylic acids is 3. The molecule has 2 heterocycles. The van der Waals surface area contributed by atoms with Crippen LogP contribution in [0.5, 0.6) is 11.5 Å². The first-order valence-corrected chi connectivity index (χ1v) is 12.1. The highest BCUT2D eigenvalue weighted by molar-refractivity contribution is 6.20. The molecular formula is C28H26N4O7. The van der Waals surface area contributed by atoms with Gasteiger partial charge in [-0.25, -0.2) is 4.79 Å². The zero-order chi connectivity index (χ0) is 27.9. The lowest BCUT2D eigenvalue weighted by Gasteiger charge is -2.51. The fourth-order valence-corrected chi connectivity index (χ4v) is 5.57. The number of non-ortho nitro benzene ring substituents is 1. The summed E-state index contributed by atoms with van der Waals surface area (Å²) in [6.07, 6.45) is -0.135. The van der Waals surface area contributed by atoms with Gasteiger partial charge in [0.2, 0.25) is 11.8 Å². The molecule has 3 aromatic carbocycles. The molecule has 39 heavy (non-hydrogen) atoms. The van der Waals surface area contributed by atoms with Crippen molar-refractivity contribution in [1.82, 2.24) is 10.2 Å². The fraction of sp³-hybridized carbons (Fsp3) is 0.250. The number of nitro groups is 1. The van der Waals surface area contributed by atoms with E-state index in [4.69, 9.17) is 9.47 Å². The summed E-state index contributed by atoms with van der Waals surface area (Å²) in [5.74, 6) is -0.507. The number of amides is 4. The first kappa shape index (κ1) is 25.7. The quantitative estimate of drug-likeness (QED) is 0.291. The summed E-state index contributed by atoms with van der Waals surface area (Å²) >= 11 is 0. The summed E-state index contributed by atoms with van der Waals surface area (Å²) in [6, 6.07) is 16.8. The molecule has 1 fully saturated rings. The smallest absolute Gasteiger partial charge is 0.331 e. The molecule has 3 aromatic rings. The molecule has 0 aliphatic carbocycles. The topological polar surface area (TPSA) is 131 Å². The molecule has 0 radical (unpaired) electrons. The van der Waals surface area contributed by atoms with E-state index in [0.29, 0.717) is 33.9 Å². The Hall–Kier alpha value is -4.93. The summed E-state index contributed by atoms with van der Waals surface area (Å²) in [5.41, 5.74) is 0.410. The number of carbonyl (C=O) groups is 3. The number of rotatable bonds is 6. The van der Waals surface area contributed by atoms with E-state index in [-0.39, 0.29) is 18.7 Å². The van der Waals surface area contributed by atoms with Gasteiger partial charge in [-0.1, -0.05) is 30.3 Å². The number of hydrogen-bond acceptors (Lipinski definition) is 8. The van der Waals surface area contributed by atoms with Gasteiger partial charge in [-0.2, -0.15) is 0 Å². The second-order valence-electron chi connectivity index (χ2n) is 9.51. The number of ether oxygens (including phenoxy) is 2. The lowest BCUT2D eigenvalue weighted by molar-refractivity contribution is -0.384. The van der Waals surface area contributed by atoms with Crippen LogP contribution in [-0.4, -0.2) is 48.9 Å². The summed E-state index contributed by atoms with van der Waals surface area (Å²) < 4.78 is 10.7. The van der Waals surface area contributed by atoms with E-state index in [1.165, 1.54) is 26.4 Å². The highest BCUT2D eigenvalue weighted by Crippen LogP contribution is 2.51. The van der Waals surface area contributed by atoms with Crippen molar-refractivity contribution in [3.63, 3.8) is 0 Å². The van der Waals surface area contributed by atoms with Crippen molar-refractivity contribution in [3.05, 3.63) is 93.5 Å². The lowest BCUT2D eigenvalue weighted by atomic mass is 9.66. The number of urea groups is 1. The third-order valence-corrected chi connectivity index (χ3v) is 7.34. The Kier molecular flexibility index (Phi) is 6.43. The van der Waals surface area contributed by atoms with Crippen LogP contribution in [0.4, 0.5) is 16.2 Å². The fourth-order valence-electron chi connectivity index (χ4n) is 5.57. The van der Waals surface area contributed by atoms with Gasteiger partial charge in [0.15, 0.2) is 5.41 Å². The van der Waals surface area contributed by atoms with Crippen molar-refractivity contribution < 1.29 is 28.8 Å². The van der Waals surface area contributed by atoms with Gasteiger partial charge in [0, 0.05) is 37.4 Å². The Morgan fingerprint density at radius 1 is 1.00 bits per heavy atom. The second kappa shape index (κ2) is 9.75. The maximum absolute atomic E-state index is 14.4. The molecule has 0 saturated carbocycles. The molecule has 4 amide bonds. The van der Waals surface area contributed by atoms with Crippen LogP contribution in [0.15, 0.2) is 66.7 Å². The van der Waals surface area contributed by atoms with E-state index in [2.05, 4.69) is 5.32 Å². The van der Waals surface area contributed by atoms with E-state index >= 15 is 0 Å². The number of anilines is 1. The number of nitrogens with one attached hydrogen (secondary N) is 1. The van der Waals surface area contributed by atoms with E-state index in [0.717, 1.165) is 4.90 Å². The third-order valence-electron chi connectivity index (χ3n) is 7.34. The highest BCUT2D eigenvalue weighted by atomic mass is 16.6. The number of hydrogen-bond donors (Lipinski definition) is 1. The van der Waals surface area contributed by atoms with Crippen LogP contribution in [-0.2, 0) is 22.6 Å². The summed E-state index contributed by atoms with van der Waals surface area (Å²) in [6.45, 7) is -0.153. The molecule has 0 unspecified atom stereocenters. The highest BCUT2D eigenvalue weighted by Gasteiger charge is 2.62. The van der Waals surface area contributed by atoms with Crippen molar-refractivity contribution in [2.45, 2.75) is 19.0 Å². The number of nitro benzene ring substituents is 1. The van der Waals surface area contributed by atoms with Crippen LogP contribution in [0.1, 0.15) is 22.7 Å². The average molecular weight is 531 g/mol. The lowest BCUT2D eigenvalue weighted by Crippen LogP contribution is -2.68. The zero-order valence-corrected chi connectivity index (χ0v) is 21.5. The maximum atomic E-state index is 14.4. The molecule has 11 nitrogen and oxygen atoms in total. The summed E-state index contributed by atoms with van der Waals surface area (Å²) in [4.78, 5) is 55.0. The normalized spacial score (nSPS) is 20.5. The van der Waals surface area contributed by atoms with E-state index in [9.17, 15) is 24.5 Å². The molecular weight excluding hydrogens is 504 g/mol. The van der Waals surface area contributed by atoms with Gasteiger partial charge in [-0.3, -0.25) is 29.9 Å². The van der Waals surface area contributed by atoms with Gasteiger partial charge in [0.25, 0.3) is 5.69 Å². The van der Waals surface area contributed by atoms with Crippen LogP contribution < -0.4 is 19.7 Å². The average Bonchev–Trinajstić information content (AvgIpc) is 2.94. The van der Waals surface area contributed by atoms with Crippen LogP contribution in [0.2, 0.25) is 0 Å². The predicted molar refractivity (Wildman–Crippen MR) is 140 cm³/mol. The number of fused-ring (bicyclic) bond motifs is 1. The van der Waals surface area contributed by atoms with Gasteiger partial charge >= 0.3 is 6.03 Å². The Labute approximate surface area is 224 Å². The molecule has 1 spiro atoms. The summed E-state index contributed by atoms with van der Waals surface area (Å²) in [5, 5.41) is 13.9. The van der Waals surface area contributed by atoms with E-state index in [1.807, 2.05) is 18.2 Å². The molecule has 0 aromatic heterocycles. The molecule has 2 aliphatic heterocycles. The molecule has 1 saturated heterocycles.